The highest BCUT2D eigenvalue weighted by Crippen LogP contribution is 2.27. The van der Waals surface area contributed by atoms with Crippen LogP contribution in [0.2, 0.25) is 0 Å². The standard InChI is InChI=1S/C22H28N4O2/c1-15-13-16(2)21(17(3)14-15)25-9-11-26(12-10-25)22(28)24-20-7-5-19(6-8-20)23-18(4)27/h5-8,13-14H,9-12H2,1-4H3,(H,23,27)(H,24,28). The molecule has 28 heavy (non-hydrogen) atoms. The predicted molar refractivity (Wildman–Crippen MR) is 114 cm³/mol. The van der Waals surface area contributed by atoms with Gasteiger partial charge in [0, 0.05) is 50.2 Å². The number of carbonyl (C=O) groups excluding carboxylic acids is 2. The first kappa shape index (κ1) is 19.7. The van der Waals surface area contributed by atoms with Crippen LogP contribution < -0.4 is 15.5 Å². The lowest BCUT2D eigenvalue weighted by Gasteiger charge is -2.37. The molecule has 3 rings (SSSR count). The molecule has 0 radical (unpaired) electrons. The quantitative estimate of drug-likeness (QED) is 0.848. The van der Waals surface area contributed by atoms with Gasteiger partial charge in [0.15, 0.2) is 0 Å². The zero-order chi connectivity index (χ0) is 20.3. The number of urea groups is 1. The SMILES string of the molecule is CC(=O)Nc1ccc(NC(=O)N2CCN(c3c(C)cc(C)cc3C)CC2)cc1. The first-order chi connectivity index (χ1) is 13.3. The van der Waals surface area contributed by atoms with Crippen LogP contribution in [0.5, 0.6) is 0 Å². The van der Waals surface area contributed by atoms with Crippen LogP contribution >= 0.6 is 0 Å². The van der Waals surface area contributed by atoms with Gasteiger partial charge in [0.1, 0.15) is 0 Å². The van der Waals surface area contributed by atoms with Crippen LogP contribution in [-0.2, 0) is 4.79 Å². The van der Waals surface area contributed by atoms with E-state index in [1.807, 2.05) is 4.90 Å². The highest BCUT2D eigenvalue weighted by molar-refractivity contribution is 5.91. The van der Waals surface area contributed by atoms with Gasteiger partial charge < -0.3 is 20.4 Å². The van der Waals surface area contributed by atoms with E-state index in [0.717, 1.165) is 13.1 Å². The summed E-state index contributed by atoms with van der Waals surface area (Å²) >= 11 is 0. The Bertz CT molecular complexity index is 846. The second-order valence-electron chi connectivity index (χ2n) is 7.41. The van der Waals surface area contributed by atoms with Crippen molar-refractivity contribution < 1.29 is 9.59 Å². The zero-order valence-corrected chi connectivity index (χ0v) is 17.0. The Balaban J connectivity index is 1.57. The average Bonchev–Trinajstić information content (AvgIpc) is 2.62. The van der Waals surface area contributed by atoms with Crippen LogP contribution in [0.25, 0.3) is 0 Å². The van der Waals surface area contributed by atoms with Crippen LogP contribution in [0, 0.1) is 20.8 Å². The highest BCUT2D eigenvalue weighted by Gasteiger charge is 2.23. The molecule has 1 aliphatic heterocycles. The molecule has 148 valence electrons. The third kappa shape index (κ3) is 4.63. The average molecular weight is 380 g/mol. The fourth-order valence-corrected chi connectivity index (χ4v) is 3.85. The van der Waals surface area contributed by atoms with Gasteiger partial charge in [-0.1, -0.05) is 17.7 Å². The smallest absolute Gasteiger partial charge is 0.321 e. The van der Waals surface area contributed by atoms with Gasteiger partial charge in [0.2, 0.25) is 5.91 Å². The van der Waals surface area contributed by atoms with Gasteiger partial charge in [-0.15, -0.1) is 0 Å². The molecule has 1 aliphatic rings. The minimum Gasteiger partial charge on any atom is -0.368 e. The van der Waals surface area contributed by atoms with Gasteiger partial charge in [-0.05, 0) is 56.2 Å². The summed E-state index contributed by atoms with van der Waals surface area (Å²) in [5.74, 6) is -0.117. The minimum atomic E-state index is -0.117. The van der Waals surface area contributed by atoms with E-state index in [4.69, 9.17) is 0 Å². The second kappa shape index (κ2) is 8.33. The highest BCUT2D eigenvalue weighted by atomic mass is 16.2. The molecule has 0 saturated carbocycles. The lowest BCUT2D eigenvalue weighted by Crippen LogP contribution is -2.50. The summed E-state index contributed by atoms with van der Waals surface area (Å²) in [5, 5.41) is 5.65. The van der Waals surface area contributed by atoms with Crippen LogP contribution in [0.1, 0.15) is 23.6 Å². The van der Waals surface area contributed by atoms with Gasteiger partial charge in [-0.2, -0.15) is 0 Å². The summed E-state index contributed by atoms with van der Waals surface area (Å²) in [4.78, 5) is 27.9. The fraction of sp³-hybridized carbons (Fsp3) is 0.364. The van der Waals surface area contributed by atoms with E-state index in [1.54, 1.807) is 24.3 Å². The third-order valence-electron chi connectivity index (χ3n) is 4.98. The Kier molecular flexibility index (Phi) is 5.87. The van der Waals surface area contributed by atoms with Crippen molar-refractivity contribution in [1.29, 1.82) is 0 Å². The van der Waals surface area contributed by atoms with Crippen molar-refractivity contribution in [2.24, 2.45) is 0 Å². The van der Waals surface area contributed by atoms with E-state index in [9.17, 15) is 9.59 Å². The number of benzene rings is 2. The first-order valence-electron chi connectivity index (χ1n) is 9.60. The topological polar surface area (TPSA) is 64.7 Å². The Morgan fingerprint density at radius 2 is 1.32 bits per heavy atom. The number of hydrogen-bond donors (Lipinski definition) is 2. The van der Waals surface area contributed by atoms with Crippen LogP contribution in [0.3, 0.4) is 0 Å². The lowest BCUT2D eigenvalue weighted by atomic mass is 10.0. The van der Waals surface area contributed by atoms with Gasteiger partial charge in [0.05, 0.1) is 0 Å². The van der Waals surface area contributed by atoms with Crippen molar-refractivity contribution in [3.8, 4) is 0 Å². The molecule has 2 aromatic rings. The van der Waals surface area contributed by atoms with E-state index in [-0.39, 0.29) is 11.9 Å². The van der Waals surface area contributed by atoms with Crippen molar-refractivity contribution >= 4 is 29.0 Å². The number of rotatable bonds is 3. The molecule has 0 spiro atoms. The number of hydrogen-bond acceptors (Lipinski definition) is 3. The maximum Gasteiger partial charge on any atom is 0.321 e. The molecule has 0 atom stereocenters. The van der Waals surface area contributed by atoms with Crippen molar-refractivity contribution in [3.63, 3.8) is 0 Å². The van der Waals surface area contributed by atoms with Gasteiger partial charge >= 0.3 is 6.03 Å². The minimum absolute atomic E-state index is 0.0933. The van der Waals surface area contributed by atoms with Crippen molar-refractivity contribution in [3.05, 3.63) is 53.1 Å². The third-order valence-corrected chi connectivity index (χ3v) is 4.98. The lowest BCUT2D eigenvalue weighted by molar-refractivity contribution is -0.114. The number of carbonyl (C=O) groups is 2. The van der Waals surface area contributed by atoms with Crippen molar-refractivity contribution in [2.45, 2.75) is 27.7 Å². The Hall–Kier alpha value is -3.02. The Morgan fingerprint density at radius 1 is 0.821 bits per heavy atom. The molecule has 0 bridgehead atoms. The first-order valence-corrected chi connectivity index (χ1v) is 9.60. The molecule has 0 aromatic heterocycles. The molecule has 0 aliphatic carbocycles. The summed E-state index contributed by atoms with van der Waals surface area (Å²) in [7, 11) is 0. The van der Waals surface area contributed by atoms with E-state index in [2.05, 4.69) is 48.4 Å². The molecular weight excluding hydrogens is 352 g/mol. The molecule has 2 N–H and O–H groups in total. The van der Waals surface area contributed by atoms with Crippen LogP contribution in [0.15, 0.2) is 36.4 Å². The van der Waals surface area contributed by atoms with Crippen molar-refractivity contribution in [2.75, 3.05) is 41.7 Å². The number of aryl methyl sites for hydroxylation is 3. The molecule has 1 fully saturated rings. The second-order valence-corrected chi connectivity index (χ2v) is 7.41. The maximum atomic E-state index is 12.6. The summed E-state index contributed by atoms with van der Waals surface area (Å²) in [6.45, 7) is 10.9. The molecule has 2 aromatic carbocycles. The fourth-order valence-electron chi connectivity index (χ4n) is 3.85. The Labute approximate surface area is 166 Å². The number of nitrogens with zero attached hydrogens (tertiary/aromatic N) is 2. The van der Waals surface area contributed by atoms with Crippen LogP contribution in [-0.4, -0.2) is 43.0 Å². The van der Waals surface area contributed by atoms with E-state index < -0.39 is 0 Å². The van der Waals surface area contributed by atoms with Gasteiger partial charge in [0.25, 0.3) is 0 Å². The molecule has 1 heterocycles. The van der Waals surface area contributed by atoms with Crippen LogP contribution in [0.4, 0.5) is 21.9 Å². The largest absolute Gasteiger partial charge is 0.368 e. The summed E-state index contributed by atoms with van der Waals surface area (Å²) in [6, 6.07) is 11.5. The summed E-state index contributed by atoms with van der Waals surface area (Å²) in [5.41, 5.74) is 6.57. The van der Waals surface area contributed by atoms with E-state index in [0.29, 0.717) is 24.5 Å². The molecule has 6 nitrogen and oxygen atoms in total. The molecule has 0 unspecified atom stereocenters. The Morgan fingerprint density at radius 3 is 1.82 bits per heavy atom. The number of anilines is 3. The zero-order valence-electron chi connectivity index (χ0n) is 17.0. The maximum absolute atomic E-state index is 12.6. The molecule has 3 amide bonds. The predicted octanol–water partition coefficient (Wildman–Crippen LogP) is 3.92. The normalized spacial score (nSPS) is 14.0. The summed E-state index contributed by atoms with van der Waals surface area (Å²) < 4.78 is 0. The summed E-state index contributed by atoms with van der Waals surface area (Å²) in [6.07, 6.45) is 0. The number of amides is 3. The van der Waals surface area contributed by atoms with Crippen molar-refractivity contribution in [1.82, 2.24) is 4.90 Å². The van der Waals surface area contributed by atoms with E-state index in [1.165, 1.54) is 29.3 Å². The van der Waals surface area contributed by atoms with Gasteiger partial charge in [-0.25, -0.2) is 4.79 Å². The molecule has 6 heteroatoms. The molecule has 1 saturated heterocycles. The van der Waals surface area contributed by atoms with Gasteiger partial charge in [-0.3, -0.25) is 4.79 Å². The monoisotopic (exact) mass is 380 g/mol. The number of nitrogens with one attached hydrogen (secondary N) is 2. The number of piperazine rings is 1. The molecular formula is C22H28N4O2. The van der Waals surface area contributed by atoms with E-state index >= 15 is 0 Å².